The van der Waals surface area contributed by atoms with Gasteiger partial charge in [-0.15, -0.1) is 11.3 Å². The molecule has 0 radical (unpaired) electrons. The van der Waals surface area contributed by atoms with Crippen LogP contribution in [0.2, 0.25) is 0 Å². The molecule has 0 saturated heterocycles. The van der Waals surface area contributed by atoms with E-state index in [2.05, 4.69) is 22.1 Å². The summed E-state index contributed by atoms with van der Waals surface area (Å²) in [4.78, 5) is 21.2. The van der Waals surface area contributed by atoms with Crippen molar-refractivity contribution >= 4 is 32.4 Å². The van der Waals surface area contributed by atoms with Gasteiger partial charge in [-0.3, -0.25) is 15.0 Å². The minimum absolute atomic E-state index is 0.198. The van der Waals surface area contributed by atoms with E-state index in [9.17, 15) is 13.2 Å². The van der Waals surface area contributed by atoms with Crippen molar-refractivity contribution in [3.8, 4) is 0 Å². The molecule has 0 aliphatic carbocycles. The van der Waals surface area contributed by atoms with E-state index in [1.165, 1.54) is 38.2 Å². The summed E-state index contributed by atoms with van der Waals surface area (Å²) in [5.41, 5.74) is 3.71. The van der Waals surface area contributed by atoms with Crippen LogP contribution in [-0.4, -0.2) is 48.1 Å². The Morgan fingerprint density at radius 1 is 1.03 bits per heavy atom. The van der Waals surface area contributed by atoms with Crippen molar-refractivity contribution in [3.63, 3.8) is 0 Å². The summed E-state index contributed by atoms with van der Waals surface area (Å²) in [6, 6.07) is 14.1. The fourth-order valence-corrected chi connectivity index (χ4v) is 7.05. The van der Waals surface area contributed by atoms with Crippen LogP contribution in [0.25, 0.3) is 0 Å². The number of fused-ring (bicyclic) bond motifs is 2. The Morgan fingerprint density at radius 3 is 2.56 bits per heavy atom. The van der Waals surface area contributed by atoms with E-state index in [1.807, 2.05) is 24.3 Å². The molecule has 5 rings (SSSR count). The van der Waals surface area contributed by atoms with Gasteiger partial charge in [0.15, 0.2) is 5.13 Å². The van der Waals surface area contributed by atoms with Crippen LogP contribution in [0, 0.1) is 0 Å². The summed E-state index contributed by atoms with van der Waals surface area (Å²) >= 11 is 1.52. The molecule has 2 aliphatic heterocycles. The molecule has 1 aromatic heterocycles. The number of rotatable bonds is 6. The maximum atomic E-state index is 13.2. The van der Waals surface area contributed by atoms with Crippen molar-refractivity contribution in [1.82, 2.24) is 14.2 Å². The normalized spacial score (nSPS) is 16.6. The Hall–Kier alpha value is -2.59. The van der Waals surface area contributed by atoms with E-state index in [0.717, 1.165) is 43.7 Å². The second-order valence-electron chi connectivity index (χ2n) is 8.75. The number of carbonyl (C=O) groups is 1. The molecule has 1 N–H and O–H groups in total. The highest BCUT2D eigenvalue weighted by atomic mass is 32.2. The summed E-state index contributed by atoms with van der Waals surface area (Å²) < 4.78 is 27.8. The molecule has 0 fully saturated rings. The average molecular weight is 497 g/mol. The summed E-state index contributed by atoms with van der Waals surface area (Å²) in [7, 11) is -3.63. The Morgan fingerprint density at radius 2 is 1.79 bits per heavy atom. The first-order valence-corrected chi connectivity index (χ1v) is 13.9. The van der Waals surface area contributed by atoms with E-state index < -0.39 is 10.0 Å². The maximum absolute atomic E-state index is 13.2. The summed E-state index contributed by atoms with van der Waals surface area (Å²) in [5, 5.41) is 3.48. The number of benzene rings is 2. The number of hydrogen-bond acceptors (Lipinski definition) is 6. The second-order valence-corrected chi connectivity index (χ2v) is 11.8. The van der Waals surface area contributed by atoms with Crippen LogP contribution in [0.1, 0.15) is 45.4 Å². The third kappa shape index (κ3) is 4.65. The van der Waals surface area contributed by atoms with E-state index in [4.69, 9.17) is 0 Å². The zero-order chi connectivity index (χ0) is 23.7. The summed E-state index contributed by atoms with van der Waals surface area (Å²) in [5.74, 6) is -0.285. The van der Waals surface area contributed by atoms with Crippen LogP contribution in [0.3, 0.4) is 0 Å². The van der Waals surface area contributed by atoms with Gasteiger partial charge >= 0.3 is 0 Å². The zero-order valence-electron chi connectivity index (χ0n) is 19.2. The van der Waals surface area contributed by atoms with Crippen molar-refractivity contribution in [2.45, 2.75) is 44.2 Å². The first kappa shape index (κ1) is 23.2. The first-order valence-electron chi connectivity index (χ1n) is 11.6. The molecule has 3 aromatic rings. The molecule has 2 aromatic carbocycles. The first-order chi connectivity index (χ1) is 16.4. The number of amides is 1. The van der Waals surface area contributed by atoms with Crippen LogP contribution in [0.5, 0.6) is 0 Å². The van der Waals surface area contributed by atoms with Crippen LogP contribution in [0.4, 0.5) is 5.13 Å². The number of anilines is 1. The van der Waals surface area contributed by atoms with E-state index in [0.29, 0.717) is 30.2 Å². The lowest BCUT2D eigenvalue weighted by Crippen LogP contribution is -2.35. The lowest BCUT2D eigenvalue weighted by atomic mass is 10.0. The number of hydrogen-bond donors (Lipinski definition) is 1. The number of aromatic nitrogens is 1. The molecule has 2 aliphatic rings. The van der Waals surface area contributed by atoms with Crippen molar-refractivity contribution in [1.29, 1.82) is 0 Å². The predicted molar refractivity (Wildman–Crippen MR) is 134 cm³/mol. The summed E-state index contributed by atoms with van der Waals surface area (Å²) in [6.07, 6.45) is 2.72. The number of nitrogens with one attached hydrogen (secondary N) is 1. The lowest BCUT2D eigenvalue weighted by molar-refractivity contribution is 0.102. The van der Waals surface area contributed by atoms with Crippen molar-refractivity contribution in [3.05, 3.63) is 75.8 Å². The molecule has 178 valence electrons. The van der Waals surface area contributed by atoms with E-state index in [-0.39, 0.29) is 10.8 Å². The third-order valence-corrected chi connectivity index (χ3v) is 9.28. The monoisotopic (exact) mass is 496 g/mol. The third-order valence-electron chi connectivity index (χ3n) is 6.42. The predicted octanol–water partition coefficient (Wildman–Crippen LogP) is 3.91. The highest BCUT2D eigenvalue weighted by Gasteiger charge is 2.28. The van der Waals surface area contributed by atoms with Gasteiger partial charge in [0.05, 0.1) is 10.6 Å². The lowest BCUT2D eigenvalue weighted by Gasteiger charge is -2.28. The van der Waals surface area contributed by atoms with Gasteiger partial charge in [0.2, 0.25) is 10.0 Å². The number of thiazole rings is 1. The molecule has 0 unspecified atom stereocenters. The smallest absolute Gasteiger partial charge is 0.257 e. The molecule has 0 atom stereocenters. The average Bonchev–Trinajstić information content (AvgIpc) is 3.25. The molecule has 9 heteroatoms. The molecule has 0 saturated carbocycles. The van der Waals surface area contributed by atoms with Gasteiger partial charge in [-0.05, 0) is 54.8 Å². The fraction of sp³-hybridized carbons (Fsp3) is 0.360. The van der Waals surface area contributed by atoms with Gasteiger partial charge in [0, 0.05) is 43.0 Å². The van der Waals surface area contributed by atoms with Crippen molar-refractivity contribution in [2.75, 3.05) is 25.0 Å². The Bertz CT molecular complexity index is 1300. The van der Waals surface area contributed by atoms with Gasteiger partial charge in [-0.25, -0.2) is 13.4 Å². The van der Waals surface area contributed by atoms with Crippen LogP contribution in [-0.2, 0) is 36.0 Å². The van der Waals surface area contributed by atoms with Crippen LogP contribution in [0.15, 0.2) is 53.4 Å². The number of carbonyl (C=O) groups excluding carboxylic acids is 1. The number of nitrogens with zero attached hydrogens (tertiary/aromatic N) is 3. The van der Waals surface area contributed by atoms with E-state index in [1.54, 1.807) is 12.1 Å². The molecule has 7 nitrogen and oxygen atoms in total. The maximum Gasteiger partial charge on any atom is 0.257 e. The topological polar surface area (TPSA) is 82.6 Å². The van der Waals surface area contributed by atoms with Gasteiger partial charge in [-0.1, -0.05) is 31.2 Å². The molecule has 0 spiro atoms. The minimum atomic E-state index is -3.63. The largest absolute Gasteiger partial charge is 0.298 e. The second kappa shape index (κ2) is 9.58. The van der Waals surface area contributed by atoms with Gasteiger partial charge in [-0.2, -0.15) is 4.31 Å². The fourth-order valence-electron chi connectivity index (χ4n) is 4.58. The Balaban J connectivity index is 1.26. The summed E-state index contributed by atoms with van der Waals surface area (Å²) in [6.45, 7) is 5.94. The molecule has 1 amide bonds. The van der Waals surface area contributed by atoms with Crippen molar-refractivity contribution in [2.24, 2.45) is 0 Å². The molecule has 0 bridgehead atoms. The van der Waals surface area contributed by atoms with Crippen LogP contribution < -0.4 is 5.32 Å². The molecule has 34 heavy (non-hydrogen) atoms. The van der Waals surface area contributed by atoms with Crippen LogP contribution >= 0.6 is 11.3 Å². The van der Waals surface area contributed by atoms with Gasteiger partial charge in [0.25, 0.3) is 5.91 Å². The quantitative estimate of drug-likeness (QED) is 0.560. The highest BCUT2D eigenvalue weighted by Crippen LogP contribution is 2.29. The molecule has 3 heterocycles. The van der Waals surface area contributed by atoms with Gasteiger partial charge in [0.1, 0.15) is 0 Å². The zero-order valence-corrected chi connectivity index (χ0v) is 20.8. The van der Waals surface area contributed by atoms with Crippen molar-refractivity contribution < 1.29 is 13.2 Å². The number of sulfonamides is 1. The molecular weight excluding hydrogens is 468 g/mol. The SMILES string of the molecule is CCCN1CCc2nc(NC(=O)c3ccc(S(=O)(=O)N4CCc5ccccc5C4)cc3)sc2C1. The Labute approximate surface area is 204 Å². The Kier molecular flexibility index (Phi) is 6.52. The molecular formula is C25H28N4O3S2. The van der Waals surface area contributed by atoms with E-state index >= 15 is 0 Å². The van der Waals surface area contributed by atoms with Gasteiger partial charge < -0.3 is 0 Å². The highest BCUT2D eigenvalue weighted by molar-refractivity contribution is 7.89. The minimum Gasteiger partial charge on any atom is -0.298 e. The standard InChI is InChI=1S/C25H28N4O3S2/c1-2-13-28-14-12-22-23(17-28)33-25(26-22)27-24(30)19-7-9-21(10-8-19)34(31,32)29-15-11-18-5-3-4-6-20(18)16-29/h3-10H,2,11-17H2,1H3,(H,26,27,30).